The molecular weight excluding hydrogens is 230 g/mol. The Kier molecular flexibility index (Phi) is 4.28. The third kappa shape index (κ3) is 2.86. The van der Waals surface area contributed by atoms with Crippen LogP contribution in [0.2, 0.25) is 0 Å². The van der Waals surface area contributed by atoms with Crippen LogP contribution in [0.1, 0.15) is 39.0 Å². The molecule has 0 spiro atoms. The van der Waals surface area contributed by atoms with Crippen LogP contribution in [0.15, 0.2) is 0 Å². The van der Waals surface area contributed by atoms with E-state index in [0.717, 1.165) is 5.92 Å². The normalized spacial score (nSPS) is 37.1. The van der Waals surface area contributed by atoms with Crippen LogP contribution < -0.4 is 0 Å². The SMILES string of the molecule is CC1CCC(N(C)CC2(C(=O)O)CCOC2)CC1. The molecule has 1 heterocycles. The second kappa shape index (κ2) is 5.57. The van der Waals surface area contributed by atoms with Gasteiger partial charge in [-0.25, -0.2) is 0 Å². The molecule has 2 fully saturated rings. The zero-order valence-corrected chi connectivity index (χ0v) is 11.5. The number of rotatable bonds is 4. The van der Waals surface area contributed by atoms with Gasteiger partial charge in [-0.3, -0.25) is 4.79 Å². The van der Waals surface area contributed by atoms with E-state index in [-0.39, 0.29) is 0 Å². The molecule has 4 nitrogen and oxygen atoms in total. The molecule has 0 aromatic heterocycles. The molecule has 2 aliphatic rings. The number of hydrogen-bond acceptors (Lipinski definition) is 3. The maximum absolute atomic E-state index is 11.5. The molecule has 1 atom stereocenters. The summed E-state index contributed by atoms with van der Waals surface area (Å²) in [5.74, 6) is 0.133. The van der Waals surface area contributed by atoms with Crippen molar-refractivity contribution in [1.29, 1.82) is 0 Å². The number of carboxylic acid groups (broad SMARTS) is 1. The summed E-state index contributed by atoms with van der Waals surface area (Å²) in [4.78, 5) is 13.7. The topological polar surface area (TPSA) is 49.8 Å². The molecule has 1 aliphatic carbocycles. The molecule has 0 aromatic carbocycles. The van der Waals surface area contributed by atoms with Crippen LogP contribution in [-0.2, 0) is 9.53 Å². The first-order chi connectivity index (χ1) is 8.53. The number of carbonyl (C=O) groups is 1. The van der Waals surface area contributed by atoms with E-state index >= 15 is 0 Å². The minimum absolute atomic E-state index is 0.371. The highest BCUT2D eigenvalue weighted by Gasteiger charge is 2.44. The van der Waals surface area contributed by atoms with Gasteiger partial charge in [-0.15, -0.1) is 0 Å². The third-order valence-electron chi connectivity index (χ3n) is 4.72. The highest BCUT2D eigenvalue weighted by Crippen LogP contribution is 2.33. The summed E-state index contributed by atoms with van der Waals surface area (Å²) < 4.78 is 5.32. The standard InChI is InChI=1S/C14H25NO3/c1-11-3-5-12(6-4-11)15(2)9-14(13(16)17)7-8-18-10-14/h11-12H,3-10H2,1-2H3,(H,16,17). The molecule has 1 saturated carbocycles. The Balaban J connectivity index is 1.93. The Morgan fingerprint density at radius 2 is 2.06 bits per heavy atom. The summed E-state index contributed by atoms with van der Waals surface area (Å²) in [6, 6.07) is 0.554. The fourth-order valence-electron chi connectivity index (χ4n) is 3.26. The quantitative estimate of drug-likeness (QED) is 0.834. The smallest absolute Gasteiger partial charge is 0.313 e. The van der Waals surface area contributed by atoms with Crippen molar-refractivity contribution in [3.8, 4) is 0 Å². The number of nitrogens with zero attached hydrogens (tertiary/aromatic N) is 1. The number of aliphatic carboxylic acids is 1. The average molecular weight is 255 g/mol. The van der Waals surface area contributed by atoms with E-state index in [1.165, 1.54) is 25.7 Å². The van der Waals surface area contributed by atoms with Crippen molar-refractivity contribution in [3.05, 3.63) is 0 Å². The first-order valence-corrected chi connectivity index (χ1v) is 7.05. The zero-order chi connectivity index (χ0) is 13.2. The van der Waals surface area contributed by atoms with E-state index in [1.54, 1.807) is 0 Å². The lowest BCUT2D eigenvalue weighted by Gasteiger charge is -2.37. The van der Waals surface area contributed by atoms with Gasteiger partial charge in [0.25, 0.3) is 0 Å². The summed E-state index contributed by atoms with van der Waals surface area (Å²) in [5.41, 5.74) is -0.669. The molecule has 0 amide bonds. The van der Waals surface area contributed by atoms with Gasteiger partial charge in [-0.2, -0.15) is 0 Å². The van der Waals surface area contributed by atoms with Crippen LogP contribution in [0, 0.1) is 11.3 Å². The summed E-state index contributed by atoms with van der Waals surface area (Å²) in [6.07, 6.45) is 5.59. The largest absolute Gasteiger partial charge is 0.481 e. The fraction of sp³-hybridized carbons (Fsp3) is 0.929. The Hall–Kier alpha value is -0.610. The van der Waals surface area contributed by atoms with E-state index in [4.69, 9.17) is 4.74 Å². The molecule has 1 saturated heterocycles. The predicted molar refractivity (Wildman–Crippen MR) is 69.6 cm³/mol. The number of ether oxygens (including phenoxy) is 1. The van der Waals surface area contributed by atoms with Gasteiger partial charge in [0.2, 0.25) is 0 Å². The van der Waals surface area contributed by atoms with Crippen LogP contribution in [0.25, 0.3) is 0 Å². The monoisotopic (exact) mass is 255 g/mol. The lowest BCUT2D eigenvalue weighted by atomic mass is 9.83. The number of hydrogen-bond donors (Lipinski definition) is 1. The second-order valence-corrected chi connectivity index (χ2v) is 6.22. The fourth-order valence-corrected chi connectivity index (χ4v) is 3.26. The van der Waals surface area contributed by atoms with Crippen molar-refractivity contribution in [2.45, 2.75) is 45.1 Å². The second-order valence-electron chi connectivity index (χ2n) is 6.22. The highest BCUT2D eigenvalue weighted by molar-refractivity contribution is 5.75. The summed E-state index contributed by atoms with van der Waals surface area (Å²) in [7, 11) is 2.07. The summed E-state index contributed by atoms with van der Waals surface area (Å²) >= 11 is 0. The molecule has 0 radical (unpaired) electrons. The molecule has 0 aromatic rings. The van der Waals surface area contributed by atoms with Gasteiger partial charge >= 0.3 is 5.97 Å². The van der Waals surface area contributed by atoms with E-state index in [1.807, 2.05) is 0 Å². The predicted octanol–water partition coefficient (Wildman–Crippen LogP) is 1.99. The van der Waals surface area contributed by atoms with Crippen molar-refractivity contribution in [2.75, 3.05) is 26.8 Å². The van der Waals surface area contributed by atoms with E-state index in [2.05, 4.69) is 18.9 Å². The Morgan fingerprint density at radius 1 is 1.39 bits per heavy atom. The molecule has 0 bridgehead atoms. The van der Waals surface area contributed by atoms with Crippen LogP contribution in [0.3, 0.4) is 0 Å². The first kappa shape index (κ1) is 13.8. The molecule has 1 N–H and O–H groups in total. The molecular formula is C14H25NO3. The zero-order valence-electron chi connectivity index (χ0n) is 11.5. The van der Waals surface area contributed by atoms with Gasteiger partial charge < -0.3 is 14.7 Å². The molecule has 2 rings (SSSR count). The molecule has 4 heteroatoms. The van der Waals surface area contributed by atoms with Crippen LogP contribution in [-0.4, -0.2) is 48.8 Å². The Bertz CT molecular complexity index is 291. The Labute approximate surface area is 109 Å². The maximum atomic E-state index is 11.5. The van der Waals surface area contributed by atoms with E-state index in [9.17, 15) is 9.90 Å². The maximum Gasteiger partial charge on any atom is 0.313 e. The van der Waals surface area contributed by atoms with Crippen molar-refractivity contribution >= 4 is 5.97 Å². The Morgan fingerprint density at radius 3 is 2.56 bits per heavy atom. The van der Waals surface area contributed by atoms with Crippen LogP contribution in [0.4, 0.5) is 0 Å². The molecule has 1 unspecified atom stereocenters. The lowest BCUT2D eigenvalue weighted by Crippen LogP contribution is -2.46. The van der Waals surface area contributed by atoms with Crippen LogP contribution in [0.5, 0.6) is 0 Å². The molecule has 18 heavy (non-hydrogen) atoms. The third-order valence-corrected chi connectivity index (χ3v) is 4.72. The van der Waals surface area contributed by atoms with Crippen molar-refractivity contribution in [1.82, 2.24) is 4.90 Å². The van der Waals surface area contributed by atoms with Crippen molar-refractivity contribution in [2.24, 2.45) is 11.3 Å². The lowest BCUT2D eigenvalue weighted by molar-refractivity contribution is -0.150. The van der Waals surface area contributed by atoms with E-state index < -0.39 is 11.4 Å². The highest BCUT2D eigenvalue weighted by atomic mass is 16.5. The van der Waals surface area contributed by atoms with Gasteiger partial charge in [-0.05, 0) is 45.1 Å². The van der Waals surface area contributed by atoms with Gasteiger partial charge in [0.15, 0.2) is 0 Å². The van der Waals surface area contributed by atoms with Crippen molar-refractivity contribution in [3.63, 3.8) is 0 Å². The molecule has 104 valence electrons. The number of carboxylic acids is 1. The minimum atomic E-state index is -0.698. The molecule has 1 aliphatic heterocycles. The summed E-state index contributed by atoms with van der Waals surface area (Å²) in [5, 5.41) is 9.45. The van der Waals surface area contributed by atoms with Gasteiger partial charge in [0.1, 0.15) is 5.41 Å². The van der Waals surface area contributed by atoms with Crippen LogP contribution >= 0.6 is 0 Å². The van der Waals surface area contributed by atoms with E-state index in [0.29, 0.717) is 32.2 Å². The minimum Gasteiger partial charge on any atom is -0.481 e. The summed E-state index contributed by atoms with van der Waals surface area (Å²) in [6.45, 7) is 3.89. The van der Waals surface area contributed by atoms with Crippen molar-refractivity contribution < 1.29 is 14.6 Å². The van der Waals surface area contributed by atoms with Gasteiger partial charge in [0.05, 0.1) is 6.61 Å². The van der Waals surface area contributed by atoms with Gasteiger partial charge in [0, 0.05) is 19.2 Å². The average Bonchev–Trinajstić information content (AvgIpc) is 2.79. The van der Waals surface area contributed by atoms with Gasteiger partial charge in [-0.1, -0.05) is 6.92 Å². The first-order valence-electron chi connectivity index (χ1n) is 7.05.